The molecule has 0 fully saturated rings. The third-order valence-electron chi connectivity index (χ3n) is 4.32. The Labute approximate surface area is 190 Å². The van der Waals surface area contributed by atoms with Gasteiger partial charge in [0, 0.05) is 16.5 Å². The summed E-state index contributed by atoms with van der Waals surface area (Å²) < 4.78 is 6.01. The van der Waals surface area contributed by atoms with Crippen molar-refractivity contribution < 1.29 is 19.4 Å². The standard InChI is InChI=1S/C22H26BrClN2O4/c1-21(2,3)30-20(28)25-13-19(27)26(4)14-22(29,15-5-9-17(23)10-6-15)16-7-11-18(24)12-8-16/h5-12,29H,13-14H2,1-4H3,(H,25,28). The smallest absolute Gasteiger partial charge is 0.408 e. The largest absolute Gasteiger partial charge is 0.444 e. The van der Waals surface area contributed by atoms with Crippen molar-refractivity contribution >= 4 is 39.5 Å². The Hall–Kier alpha value is -2.09. The van der Waals surface area contributed by atoms with Crippen LogP contribution in [0.2, 0.25) is 5.02 Å². The molecular formula is C22H26BrClN2O4. The first kappa shape index (κ1) is 24.2. The number of hydrogen-bond donors (Lipinski definition) is 2. The van der Waals surface area contributed by atoms with Gasteiger partial charge >= 0.3 is 6.09 Å². The summed E-state index contributed by atoms with van der Waals surface area (Å²) in [6.07, 6.45) is -0.676. The zero-order valence-electron chi connectivity index (χ0n) is 17.4. The van der Waals surface area contributed by atoms with Crippen LogP contribution >= 0.6 is 27.5 Å². The molecule has 0 aromatic heterocycles. The van der Waals surface area contributed by atoms with Crippen LogP contribution in [0.4, 0.5) is 4.79 Å². The van der Waals surface area contributed by atoms with Crippen LogP contribution in [0, 0.1) is 0 Å². The van der Waals surface area contributed by atoms with Crippen molar-refractivity contribution in [1.29, 1.82) is 0 Å². The molecule has 0 bridgehead atoms. The lowest BCUT2D eigenvalue weighted by Crippen LogP contribution is -2.46. The van der Waals surface area contributed by atoms with Crippen LogP contribution in [0.25, 0.3) is 0 Å². The number of aliphatic hydroxyl groups is 1. The second kappa shape index (κ2) is 9.81. The number of amides is 2. The van der Waals surface area contributed by atoms with E-state index in [2.05, 4.69) is 21.2 Å². The summed E-state index contributed by atoms with van der Waals surface area (Å²) in [5, 5.41) is 14.6. The van der Waals surface area contributed by atoms with Crippen LogP contribution in [0.15, 0.2) is 53.0 Å². The van der Waals surface area contributed by atoms with Crippen molar-refractivity contribution in [3.05, 3.63) is 69.2 Å². The molecule has 6 nitrogen and oxygen atoms in total. The van der Waals surface area contributed by atoms with Crippen LogP contribution in [-0.2, 0) is 15.1 Å². The lowest BCUT2D eigenvalue weighted by atomic mass is 9.86. The number of alkyl carbamates (subject to hydrolysis) is 1. The maximum absolute atomic E-state index is 12.6. The highest BCUT2D eigenvalue weighted by atomic mass is 79.9. The van der Waals surface area contributed by atoms with Crippen molar-refractivity contribution in [2.24, 2.45) is 0 Å². The van der Waals surface area contributed by atoms with Crippen molar-refractivity contribution in [3.8, 4) is 0 Å². The number of rotatable bonds is 6. The molecule has 0 saturated heterocycles. The normalized spacial score (nSPS) is 13.3. The van der Waals surface area contributed by atoms with Crippen molar-refractivity contribution in [1.82, 2.24) is 10.2 Å². The van der Waals surface area contributed by atoms with Crippen LogP contribution < -0.4 is 5.32 Å². The summed E-state index contributed by atoms with van der Waals surface area (Å²) in [5.41, 5.74) is -0.918. The van der Waals surface area contributed by atoms with E-state index in [1.54, 1.807) is 64.2 Å². The van der Waals surface area contributed by atoms with Gasteiger partial charge in [-0.1, -0.05) is 51.8 Å². The molecular weight excluding hydrogens is 472 g/mol. The molecule has 0 saturated carbocycles. The number of nitrogens with one attached hydrogen (secondary N) is 1. The summed E-state index contributed by atoms with van der Waals surface area (Å²) in [6, 6.07) is 14.0. The van der Waals surface area contributed by atoms with Crippen molar-refractivity contribution in [2.45, 2.75) is 32.0 Å². The van der Waals surface area contributed by atoms with E-state index in [1.165, 1.54) is 4.90 Å². The van der Waals surface area contributed by atoms with E-state index in [0.717, 1.165) is 4.47 Å². The minimum Gasteiger partial charge on any atom is -0.444 e. The number of carbonyl (C=O) groups is 2. The van der Waals surface area contributed by atoms with Crippen molar-refractivity contribution in [2.75, 3.05) is 20.1 Å². The molecule has 2 N–H and O–H groups in total. The third-order valence-corrected chi connectivity index (χ3v) is 5.10. The molecule has 8 heteroatoms. The van der Waals surface area contributed by atoms with Gasteiger partial charge in [0.25, 0.3) is 0 Å². The summed E-state index contributed by atoms with van der Waals surface area (Å²) >= 11 is 9.39. The van der Waals surface area contributed by atoms with Crippen LogP contribution in [0.5, 0.6) is 0 Å². The van der Waals surface area contributed by atoms with Gasteiger partial charge in [-0.15, -0.1) is 0 Å². The van der Waals surface area contributed by atoms with Gasteiger partial charge in [0.1, 0.15) is 17.7 Å². The zero-order chi connectivity index (χ0) is 22.5. The van der Waals surface area contributed by atoms with Gasteiger partial charge in [0.2, 0.25) is 5.91 Å². The first-order valence-electron chi connectivity index (χ1n) is 9.36. The number of ether oxygens (including phenoxy) is 1. The number of nitrogens with zero attached hydrogens (tertiary/aromatic N) is 1. The second-order valence-corrected chi connectivity index (χ2v) is 9.33. The molecule has 30 heavy (non-hydrogen) atoms. The SMILES string of the molecule is CN(CC(O)(c1ccc(Cl)cc1)c1ccc(Br)cc1)C(=O)CNC(=O)OC(C)(C)C. The average Bonchev–Trinajstić information content (AvgIpc) is 2.65. The Balaban J connectivity index is 2.19. The molecule has 0 radical (unpaired) electrons. The molecule has 0 heterocycles. The molecule has 2 aromatic rings. The van der Waals surface area contributed by atoms with E-state index >= 15 is 0 Å². The van der Waals surface area contributed by atoms with Gasteiger partial charge in [-0.2, -0.15) is 0 Å². The molecule has 0 aliphatic rings. The van der Waals surface area contributed by atoms with Crippen LogP contribution in [0.1, 0.15) is 31.9 Å². The van der Waals surface area contributed by atoms with Gasteiger partial charge in [-0.3, -0.25) is 4.79 Å². The monoisotopic (exact) mass is 496 g/mol. The maximum atomic E-state index is 12.6. The highest BCUT2D eigenvalue weighted by Gasteiger charge is 2.34. The highest BCUT2D eigenvalue weighted by Crippen LogP contribution is 2.32. The molecule has 2 aromatic carbocycles. The fraction of sp³-hybridized carbons (Fsp3) is 0.364. The second-order valence-electron chi connectivity index (χ2n) is 7.98. The quantitative estimate of drug-likeness (QED) is 0.623. The van der Waals surface area contributed by atoms with Gasteiger partial charge in [0.05, 0.1) is 6.54 Å². The Morgan fingerprint density at radius 3 is 2.07 bits per heavy atom. The van der Waals surface area contributed by atoms with E-state index in [1.807, 2.05) is 12.1 Å². The van der Waals surface area contributed by atoms with Gasteiger partial charge < -0.3 is 20.1 Å². The van der Waals surface area contributed by atoms with E-state index in [-0.39, 0.29) is 19.0 Å². The third kappa shape index (κ3) is 6.72. The van der Waals surface area contributed by atoms with Gasteiger partial charge in [-0.05, 0) is 56.2 Å². The minimum atomic E-state index is -1.47. The van der Waals surface area contributed by atoms with E-state index in [0.29, 0.717) is 16.1 Å². The van der Waals surface area contributed by atoms with Crippen molar-refractivity contribution in [3.63, 3.8) is 0 Å². The Bertz CT molecular complexity index is 834. The van der Waals surface area contributed by atoms with Crippen LogP contribution in [0.3, 0.4) is 0 Å². The highest BCUT2D eigenvalue weighted by molar-refractivity contribution is 9.10. The molecule has 1 unspecified atom stereocenters. The predicted molar refractivity (Wildman–Crippen MR) is 120 cm³/mol. The Kier molecular flexibility index (Phi) is 7.91. The molecule has 2 amide bonds. The molecule has 1 atom stereocenters. The van der Waals surface area contributed by atoms with E-state index < -0.39 is 17.3 Å². The average molecular weight is 498 g/mol. The first-order valence-corrected chi connectivity index (χ1v) is 10.5. The zero-order valence-corrected chi connectivity index (χ0v) is 19.8. The number of halogens is 2. The van der Waals surface area contributed by atoms with Gasteiger partial charge in [0.15, 0.2) is 0 Å². The lowest BCUT2D eigenvalue weighted by Gasteiger charge is -2.34. The molecule has 0 aliphatic heterocycles. The number of hydrogen-bond acceptors (Lipinski definition) is 4. The summed E-state index contributed by atoms with van der Waals surface area (Å²) in [7, 11) is 1.57. The lowest BCUT2D eigenvalue weighted by molar-refractivity contribution is -0.131. The Morgan fingerprint density at radius 1 is 1.07 bits per heavy atom. The molecule has 0 spiro atoms. The predicted octanol–water partition coefficient (Wildman–Crippen LogP) is 4.32. The molecule has 2 rings (SSSR count). The van der Waals surface area contributed by atoms with Gasteiger partial charge in [-0.25, -0.2) is 4.79 Å². The summed E-state index contributed by atoms with van der Waals surface area (Å²) in [4.78, 5) is 25.8. The molecule has 0 aliphatic carbocycles. The number of benzene rings is 2. The molecule has 162 valence electrons. The minimum absolute atomic E-state index is 0.0227. The Morgan fingerprint density at radius 2 is 1.57 bits per heavy atom. The fourth-order valence-electron chi connectivity index (χ4n) is 2.83. The number of carbonyl (C=O) groups excluding carboxylic acids is 2. The van der Waals surface area contributed by atoms with Crippen LogP contribution in [-0.4, -0.2) is 47.7 Å². The van der Waals surface area contributed by atoms with E-state index in [9.17, 15) is 14.7 Å². The maximum Gasteiger partial charge on any atom is 0.408 e. The fourth-order valence-corrected chi connectivity index (χ4v) is 3.22. The first-order chi connectivity index (χ1) is 13.9. The van der Waals surface area contributed by atoms with E-state index in [4.69, 9.17) is 16.3 Å². The summed E-state index contributed by atoms with van der Waals surface area (Å²) in [5.74, 6) is -0.370. The topological polar surface area (TPSA) is 78.9 Å². The number of likely N-dealkylation sites (N-methyl/N-ethyl adjacent to an activating group) is 1. The summed E-state index contributed by atoms with van der Waals surface area (Å²) in [6.45, 7) is 4.95.